The van der Waals surface area contributed by atoms with E-state index < -0.39 is 27.6 Å². The zero-order valence-electron chi connectivity index (χ0n) is 19.8. The summed E-state index contributed by atoms with van der Waals surface area (Å²) in [6, 6.07) is 9.34. The molecule has 4 rings (SSSR count). The van der Waals surface area contributed by atoms with E-state index in [9.17, 15) is 30.8 Å². The minimum atomic E-state index is -4.44. The van der Waals surface area contributed by atoms with Gasteiger partial charge >= 0.3 is 6.18 Å². The summed E-state index contributed by atoms with van der Waals surface area (Å²) in [4.78, 5) is 16.5. The lowest BCUT2D eigenvalue weighted by molar-refractivity contribution is -0.137. The molecule has 2 aliphatic rings. The predicted octanol–water partition coefficient (Wildman–Crippen LogP) is 4.52. The van der Waals surface area contributed by atoms with Crippen molar-refractivity contribution < 1.29 is 30.8 Å². The van der Waals surface area contributed by atoms with E-state index in [1.807, 2.05) is 0 Å². The van der Waals surface area contributed by atoms with E-state index in [2.05, 4.69) is 0 Å². The molecule has 1 saturated carbocycles. The number of sulfonamides is 1. The molecule has 1 saturated heterocycles. The SMILES string of the molecule is O=C(CN(C1CCCCC1)S(=O)(=O)c1ccc(F)cc1)N1CCN(c2cccc(C(F)(F)F)c2)CC1. The molecule has 0 unspecified atom stereocenters. The molecule has 1 heterocycles. The van der Waals surface area contributed by atoms with Gasteiger partial charge in [-0.2, -0.15) is 17.5 Å². The monoisotopic (exact) mass is 527 g/mol. The molecule has 2 aromatic carbocycles. The quantitative estimate of drug-likeness (QED) is 0.519. The minimum absolute atomic E-state index is 0.0587. The summed E-state index contributed by atoms with van der Waals surface area (Å²) in [5, 5.41) is 0. The van der Waals surface area contributed by atoms with Crippen molar-refractivity contribution >= 4 is 21.6 Å². The van der Waals surface area contributed by atoms with Crippen molar-refractivity contribution in [3.05, 3.63) is 59.9 Å². The first-order chi connectivity index (χ1) is 17.1. The number of nitrogens with zero attached hydrogens (tertiary/aromatic N) is 3. The number of hydrogen-bond acceptors (Lipinski definition) is 4. The molecule has 0 spiro atoms. The Morgan fingerprint density at radius 2 is 1.58 bits per heavy atom. The zero-order valence-corrected chi connectivity index (χ0v) is 20.6. The molecule has 6 nitrogen and oxygen atoms in total. The Balaban J connectivity index is 1.46. The van der Waals surface area contributed by atoms with Crippen LogP contribution < -0.4 is 4.90 Å². The molecule has 36 heavy (non-hydrogen) atoms. The van der Waals surface area contributed by atoms with Gasteiger partial charge < -0.3 is 9.80 Å². The Labute approximate surface area is 208 Å². The Kier molecular flexibility index (Phi) is 7.89. The molecule has 0 N–H and O–H groups in total. The summed E-state index contributed by atoms with van der Waals surface area (Å²) >= 11 is 0. The van der Waals surface area contributed by atoms with Gasteiger partial charge in [0.1, 0.15) is 5.82 Å². The fourth-order valence-electron chi connectivity index (χ4n) is 4.85. The maximum atomic E-state index is 13.4. The van der Waals surface area contributed by atoms with Gasteiger partial charge in [0.25, 0.3) is 0 Å². The van der Waals surface area contributed by atoms with Crippen molar-refractivity contribution in [2.75, 3.05) is 37.6 Å². The summed E-state index contributed by atoms with van der Waals surface area (Å²) < 4.78 is 80.7. The van der Waals surface area contributed by atoms with Crippen molar-refractivity contribution in [1.29, 1.82) is 0 Å². The molecule has 0 bridgehead atoms. The lowest BCUT2D eigenvalue weighted by atomic mass is 9.95. The smallest absolute Gasteiger partial charge is 0.368 e. The number of hydrogen-bond donors (Lipinski definition) is 0. The van der Waals surface area contributed by atoms with Gasteiger partial charge in [0, 0.05) is 37.9 Å². The number of alkyl halides is 3. The van der Waals surface area contributed by atoms with Gasteiger partial charge in [-0.15, -0.1) is 0 Å². The molecule has 1 amide bonds. The van der Waals surface area contributed by atoms with Crippen molar-refractivity contribution in [3.63, 3.8) is 0 Å². The largest absolute Gasteiger partial charge is 0.416 e. The topological polar surface area (TPSA) is 60.9 Å². The van der Waals surface area contributed by atoms with E-state index in [0.717, 1.165) is 43.5 Å². The number of anilines is 1. The van der Waals surface area contributed by atoms with Crippen LogP contribution in [0.2, 0.25) is 0 Å². The average Bonchev–Trinajstić information content (AvgIpc) is 2.87. The summed E-state index contributed by atoms with van der Waals surface area (Å²) in [6.45, 7) is 0.880. The number of rotatable bonds is 6. The molecule has 1 aliphatic carbocycles. The summed E-state index contributed by atoms with van der Waals surface area (Å²) in [5.41, 5.74) is -0.299. The summed E-state index contributed by atoms with van der Waals surface area (Å²) in [5.74, 6) is -0.900. The van der Waals surface area contributed by atoms with Gasteiger partial charge in [0.15, 0.2) is 0 Å². The normalized spacial score (nSPS) is 18.0. The van der Waals surface area contributed by atoms with Crippen LogP contribution in [0.4, 0.5) is 23.2 Å². The second kappa shape index (κ2) is 10.8. The highest BCUT2D eigenvalue weighted by atomic mass is 32.2. The van der Waals surface area contributed by atoms with Crippen LogP contribution in [0, 0.1) is 5.82 Å². The fourth-order valence-corrected chi connectivity index (χ4v) is 6.48. The van der Waals surface area contributed by atoms with E-state index in [0.29, 0.717) is 31.6 Å². The first kappa shape index (κ1) is 26.4. The molecule has 2 fully saturated rings. The first-order valence-corrected chi connectivity index (χ1v) is 13.5. The molecule has 0 aromatic heterocycles. The van der Waals surface area contributed by atoms with Crippen LogP contribution in [-0.4, -0.2) is 62.3 Å². The highest BCUT2D eigenvalue weighted by molar-refractivity contribution is 7.89. The molecule has 196 valence electrons. The van der Waals surface area contributed by atoms with Gasteiger partial charge in [-0.05, 0) is 55.3 Å². The number of halogens is 4. The molecule has 11 heteroatoms. The van der Waals surface area contributed by atoms with Crippen LogP contribution >= 0.6 is 0 Å². The number of benzene rings is 2. The molecule has 1 aliphatic heterocycles. The first-order valence-electron chi connectivity index (χ1n) is 12.0. The third-order valence-corrected chi connectivity index (χ3v) is 8.78. The van der Waals surface area contributed by atoms with E-state index in [1.54, 1.807) is 15.9 Å². The van der Waals surface area contributed by atoms with E-state index in [1.165, 1.54) is 22.5 Å². The summed E-state index contributed by atoms with van der Waals surface area (Å²) in [7, 11) is -4.02. The minimum Gasteiger partial charge on any atom is -0.368 e. The molecule has 2 aromatic rings. The van der Waals surface area contributed by atoms with Gasteiger partial charge in [-0.25, -0.2) is 12.8 Å². The number of carbonyl (C=O) groups excluding carboxylic acids is 1. The van der Waals surface area contributed by atoms with Gasteiger partial charge in [0.05, 0.1) is 17.0 Å². The fraction of sp³-hybridized carbons (Fsp3) is 0.480. The van der Waals surface area contributed by atoms with Crippen molar-refractivity contribution in [2.24, 2.45) is 0 Å². The third-order valence-electron chi connectivity index (χ3n) is 6.86. The zero-order chi connectivity index (χ0) is 25.9. The molecule has 0 radical (unpaired) electrons. The van der Waals surface area contributed by atoms with Crippen LogP contribution in [0.1, 0.15) is 37.7 Å². The average molecular weight is 528 g/mol. The van der Waals surface area contributed by atoms with Crippen LogP contribution in [0.25, 0.3) is 0 Å². The van der Waals surface area contributed by atoms with Gasteiger partial charge in [-0.1, -0.05) is 25.3 Å². The highest BCUT2D eigenvalue weighted by Gasteiger charge is 2.36. The lowest BCUT2D eigenvalue weighted by Gasteiger charge is -2.38. The van der Waals surface area contributed by atoms with Gasteiger partial charge in [-0.3, -0.25) is 4.79 Å². The van der Waals surface area contributed by atoms with E-state index >= 15 is 0 Å². The van der Waals surface area contributed by atoms with Gasteiger partial charge in [0.2, 0.25) is 15.9 Å². The molecular weight excluding hydrogens is 498 g/mol. The van der Waals surface area contributed by atoms with E-state index in [4.69, 9.17) is 0 Å². The van der Waals surface area contributed by atoms with Crippen molar-refractivity contribution in [2.45, 2.75) is 49.2 Å². The van der Waals surface area contributed by atoms with Crippen molar-refractivity contribution in [1.82, 2.24) is 9.21 Å². The predicted molar refractivity (Wildman–Crippen MR) is 127 cm³/mol. The van der Waals surface area contributed by atoms with Crippen LogP contribution in [-0.2, 0) is 21.0 Å². The van der Waals surface area contributed by atoms with Crippen LogP contribution in [0.5, 0.6) is 0 Å². The Bertz CT molecular complexity index is 1160. The Hall–Kier alpha value is -2.66. The maximum absolute atomic E-state index is 13.4. The molecule has 0 atom stereocenters. The summed E-state index contributed by atoms with van der Waals surface area (Å²) in [6.07, 6.45) is -0.402. The number of carbonyl (C=O) groups is 1. The van der Waals surface area contributed by atoms with E-state index in [-0.39, 0.29) is 36.5 Å². The van der Waals surface area contributed by atoms with Crippen LogP contribution in [0.15, 0.2) is 53.4 Å². The Morgan fingerprint density at radius 1 is 0.944 bits per heavy atom. The van der Waals surface area contributed by atoms with Crippen LogP contribution in [0.3, 0.4) is 0 Å². The second-order valence-electron chi connectivity index (χ2n) is 9.21. The number of amides is 1. The van der Waals surface area contributed by atoms with Crippen molar-refractivity contribution in [3.8, 4) is 0 Å². The maximum Gasteiger partial charge on any atom is 0.416 e. The molecular formula is C25H29F4N3O3S. The number of piperazine rings is 1. The second-order valence-corrected chi connectivity index (χ2v) is 11.1. The third kappa shape index (κ3) is 6.00. The highest BCUT2D eigenvalue weighted by Crippen LogP contribution is 2.32. The lowest BCUT2D eigenvalue weighted by Crippen LogP contribution is -2.53. The Morgan fingerprint density at radius 3 is 2.19 bits per heavy atom. The standard InChI is InChI=1S/C25H29F4N3O3S/c26-20-9-11-23(12-10-20)36(34,35)32(21-6-2-1-3-7-21)18-24(33)31-15-13-30(14-16-31)22-8-4-5-19(17-22)25(27,28)29/h4-5,8-12,17,21H,1-3,6-7,13-16,18H2.